The highest BCUT2D eigenvalue weighted by atomic mass is 19.4. The summed E-state index contributed by atoms with van der Waals surface area (Å²) >= 11 is 0. The molecule has 1 aromatic carbocycles. The zero-order chi connectivity index (χ0) is 20.1. The molecule has 0 bridgehead atoms. The molecule has 2 aromatic heterocycles. The molecule has 1 atom stereocenters. The Labute approximate surface area is 156 Å². The number of nitrogens with two attached hydrogens (primary N) is 1. The molecular formula is C16H16F3N7O2. The maximum absolute atomic E-state index is 13.0. The number of pyridine rings is 1. The molecule has 0 saturated carbocycles. The first kappa shape index (κ1) is 19.7. The fraction of sp³-hybridized carbons (Fsp3) is 0.250. The fourth-order valence-electron chi connectivity index (χ4n) is 2.31. The van der Waals surface area contributed by atoms with E-state index < -0.39 is 18.1 Å². The average Bonchev–Trinajstić information content (AvgIpc) is 3.19. The maximum Gasteiger partial charge on any atom is 0.433 e. The topological polar surface area (TPSA) is 135 Å². The number of hydrogen-bond acceptors (Lipinski definition) is 8. The van der Waals surface area contributed by atoms with Crippen LogP contribution in [0.15, 0.2) is 36.4 Å². The molecule has 0 aliphatic rings. The molecule has 0 aliphatic carbocycles. The van der Waals surface area contributed by atoms with Crippen molar-refractivity contribution in [2.45, 2.75) is 25.5 Å². The second kappa shape index (κ2) is 8.29. The number of rotatable bonds is 7. The number of nitrogens with one attached hydrogen (secondary N) is 2. The number of H-pyrrole nitrogens is 1. The second-order valence-electron chi connectivity index (χ2n) is 5.69. The summed E-state index contributed by atoms with van der Waals surface area (Å²) in [5.41, 5.74) is 5.01. The number of aromatic amines is 1. The zero-order valence-corrected chi connectivity index (χ0v) is 14.3. The summed E-state index contributed by atoms with van der Waals surface area (Å²) in [7, 11) is 0. The predicted molar refractivity (Wildman–Crippen MR) is 89.6 cm³/mol. The maximum atomic E-state index is 13.0. The van der Waals surface area contributed by atoms with Gasteiger partial charge < -0.3 is 15.6 Å². The van der Waals surface area contributed by atoms with Gasteiger partial charge in [0, 0.05) is 12.6 Å². The van der Waals surface area contributed by atoms with E-state index >= 15 is 0 Å². The van der Waals surface area contributed by atoms with Gasteiger partial charge in [-0.05, 0) is 29.3 Å². The van der Waals surface area contributed by atoms with Gasteiger partial charge in [-0.15, -0.1) is 10.2 Å². The van der Waals surface area contributed by atoms with Gasteiger partial charge in [-0.3, -0.25) is 5.32 Å². The molecule has 28 heavy (non-hydrogen) atoms. The fourth-order valence-corrected chi connectivity index (χ4v) is 2.31. The van der Waals surface area contributed by atoms with Gasteiger partial charge in [-0.25, -0.2) is 4.98 Å². The molecule has 1 unspecified atom stereocenters. The van der Waals surface area contributed by atoms with Crippen LogP contribution in [0.5, 0.6) is 11.6 Å². The molecule has 0 radical (unpaired) electrons. The summed E-state index contributed by atoms with van der Waals surface area (Å²) in [5, 5.41) is 26.2. The largest absolute Gasteiger partial charge is 0.439 e. The van der Waals surface area contributed by atoms with Gasteiger partial charge in [-0.2, -0.15) is 18.4 Å². The minimum atomic E-state index is -4.62. The van der Waals surface area contributed by atoms with E-state index in [0.717, 1.165) is 6.07 Å². The molecule has 12 heteroatoms. The Balaban J connectivity index is 1.75. The van der Waals surface area contributed by atoms with Crippen molar-refractivity contribution in [1.29, 1.82) is 0 Å². The lowest BCUT2D eigenvalue weighted by atomic mass is 10.2. The van der Waals surface area contributed by atoms with Crippen molar-refractivity contribution in [3.63, 3.8) is 0 Å². The number of halogens is 3. The number of benzene rings is 1. The number of nitrogens with zero attached hydrogens (tertiary/aromatic N) is 4. The highest BCUT2D eigenvalue weighted by Gasteiger charge is 2.33. The lowest BCUT2D eigenvalue weighted by Gasteiger charge is -2.14. The van der Waals surface area contributed by atoms with Crippen LogP contribution in [0.1, 0.15) is 28.9 Å². The Morgan fingerprint density at radius 2 is 2.07 bits per heavy atom. The van der Waals surface area contributed by atoms with Gasteiger partial charge >= 0.3 is 6.18 Å². The number of tetrazole rings is 1. The minimum absolute atomic E-state index is 0.0965. The molecule has 0 spiro atoms. The highest BCUT2D eigenvalue weighted by Crippen LogP contribution is 2.31. The average molecular weight is 395 g/mol. The van der Waals surface area contributed by atoms with Crippen LogP contribution in [-0.2, 0) is 19.3 Å². The molecule has 0 fully saturated rings. The Morgan fingerprint density at radius 1 is 1.25 bits per heavy atom. The van der Waals surface area contributed by atoms with Crippen LogP contribution < -0.4 is 15.8 Å². The summed E-state index contributed by atoms with van der Waals surface area (Å²) in [6.07, 6.45) is -5.71. The molecule has 0 saturated heterocycles. The molecule has 3 rings (SSSR count). The summed E-state index contributed by atoms with van der Waals surface area (Å²) in [4.78, 5) is 3.48. The zero-order valence-electron chi connectivity index (χ0n) is 14.3. The normalized spacial score (nSPS) is 12.8. The van der Waals surface area contributed by atoms with E-state index in [1.54, 1.807) is 12.1 Å². The first-order chi connectivity index (χ1) is 13.3. The Kier molecular flexibility index (Phi) is 5.82. The first-order valence-corrected chi connectivity index (χ1v) is 8.05. The third-order valence-corrected chi connectivity index (χ3v) is 3.63. The van der Waals surface area contributed by atoms with Gasteiger partial charge in [0.25, 0.3) is 0 Å². The Morgan fingerprint density at radius 3 is 2.75 bits per heavy atom. The smallest absolute Gasteiger partial charge is 0.433 e. The Bertz CT molecular complexity index is 919. The predicted octanol–water partition coefficient (Wildman–Crippen LogP) is 1.65. The van der Waals surface area contributed by atoms with E-state index in [1.165, 1.54) is 18.2 Å². The van der Waals surface area contributed by atoms with E-state index in [2.05, 4.69) is 30.9 Å². The number of ether oxygens (including phenoxy) is 1. The van der Waals surface area contributed by atoms with E-state index in [0.29, 0.717) is 11.4 Å². The van der Waals surface area contributed by atoms with Crippen LogP contribution in [0.4, 0.5) is 13.2 Å². The van der Waals surface area contributed by atoms with Gasteiger partial charge in [0.15, 0.2) is 5.82 Å². The van der Waals surface area contributed by atoms with Crippen molar-refractivity contribution in [2.75, 3.05) is 0 Å². The van der Waals surface area contributed by atoms with Crippen LogP contribution in [0.2, 0.25) is 0 Å². The lowest BCUT2D eigenvalue weighted by molar-refractivity contribution is -0.141. The van der Waals surface area contributed by atoms with Crippen molar-refractivity contribution < 1.29 is 23.0 Å². The monoisotopic (exact) mass is 395 g/mol. The van der Waals surface area contributed by atoms with Crippen LogP contribution in [-0.4, -0.2) is 30.7 Å². The van der Waals surface area contributed by atoms with Crippen molar-refractivity contribution in [3.8, 4) is 11.6 Å². The SMILES string of the molecule is NCc1cc(Oc2cccc(C(O)NCc3nn[nH]n3)c2)nc(C(F)(F)F)c1. The minimum Gasteiger partial charge on any atom is -0.439 e. The van der Waals surface area contributed by atoms with Crippen LogP contribution in [0, 0.1) is 0 Å². The number of hydrogen-bond donors (Lipinski definition) is 4. The van der Waals surface area contributed by atoms with Gasteiger partial charge in [0.05, 0.1) is 6.54 Å². The second-order valence-corrected chi connectivity index (χ2v) is 5.69. The molecule has 0 aliphatic heterocycles. The van der Waals surface area contributed by atoms with Crippen molar-refractivity contribution in [2.24, 2.45) is 5.73 Å². The third kappa shape index (κ3) is 5.00. The van der Waals surface area contributed by atoms with Crippen molar-refractivity contribution >= 4 is 0 Å². The molecule has 3 aromatic rings. The van der Waals surface area contributed by atoms with E-state index in [9.17, 15) is 18.3 Å². The molecule has 2 heterocycles. The van der Waals surface area contributed by atoms with Gasteiger partial charge in [-0.1, -0.05) is 17.3 Å². The standard InChI is InChI=1S/C16H16F3N7O2/c17-16(18,19)12-4-9(7-20)5-14(22-12)28-11-3-1-2-10(6-11)15(27)21-8-13-23-25-26-24-13/h1-6,15,21,27H,7-8,20H2,(H,23,24,25,26). The van der Waals surface area contributed by atoms with Crippen molar-refractivity contribution in [1.82, 2.24) is 30.9 Å². The van der Waals surface area contributed by atoms with Crippen LogP contribution in [0.3, 0.4) is 0 Å². The number of aliphatic hydroxyl groups excluding tert-OH is 1. The van der Waals surface area contributed by atoms with Gasteiger partial charge in [0.1, 0.15) is 17.7 Å². The molecule has 148 valence electrons. The number of aliphatic hydroxyl groups is 1. The van der Waals surface area contributed by atoms with Crippen LogP contribution >= 0.6 is 0 Å². The lowest BCUT2D eigenvalue weighted by Crippen LogP contribution is -2.21. The summed E-state index contributed by atoms with van der Waals surface area (Å²) in [6.45, 7) is 0.0541. The Hall–Kier alpha value is -3.09. The third-order valence-electron chi connectivity index (χ3n) is 3.63. The quantitative estimate of drug-likeness (QED) is 0.444. The summed E-state index contributed by atoms with van der Waals surface area (Å²) < 4.78 is 44.4. The molecule has 9 nitrogen and oxygen atoms in total. The van der Waals surface area contributed by atoms with E-state index in [4.69, 9.17) is 10.5 Å². The summed E-state index contributed by atoms with van der Waals surface area (Å²) in [5.74, 6) is 0.309. The van der Waals surface area contributed by atoms with Gasteiger partial charge in [0.2, 0.25) is 5.88 Å². The molecular weight excluding hydrogens is 379 g/mol. The number of aromatic nitrogens is 5. The first-order valence-electron chi connectivity index (χ1n) is 8.05. The molecule has 0 amide bonds. The van der Waals surface area contributed by atoms with Crippen molar-refractivity contribution in [3.05, 3.63) is 59.0 Å². The number of alkyl halides is 3. The van der Waals surface area contributed by atoms with Crippen LogP contribution in [0.25, 0.3) is 0 Å². The molecule has 5 N–H and O–H groups in total. The highest BCUT2D eigenvalue weighted by molar-refractivity contribution is 5.34. The van der Waals surface area contributed by atoms with E-state index in [1.807, 2.05) is 0 Å². The van der Waals surface area contributed by atoms with E-state index in [-0.39, 0.29) is 30.3 Å². The summed E-state index contributed by atoms with van der Waals surface area (Å²) in [6, 6.07) is 8.39.